The molecule has 1 heterocycles. The number of alkyl halides is 3. The zero-order chi connectivity index (χ0) is 18.0. The van der Waals surface area contributed by atoms with Crippen LogP contribution < -0.4 is 5.73 Å². The van der Waals surface area contributed by atoms with E-state index in [0.717, 1.165) is 11.6 Å². The van der Waals surface area contributed by atoms with Gasteiger partial charge in [0.2, 0.25) is 5.91 Å². The molecule has 1 fully saturated rings. The van der Waals surface area contributed by atoms with Crippen LogP contribution in [0.25, 0.3) is 0 Å². The van der Waals surface area contributed by atoms with Crippen molar-refractivity contribution in [2.75, 3.05) is 13.1 Å². The fourth-order valence-electron chi connectivity index (χ4n) is 3.31. The van der Waals surface area contributed by atoms with Crippen molar-refractivity contribution in [3.63, 3.8) is 0 Å². The van der Waals surface area contributed by atoms with E-state index in [1.54, 1.807) is 4.90 Å². The molecule has 0 spiro atoms. The number of halogens is 3. The highest BCUT2D eigenvalue weighted by atomic mass is 19.4. The van der Waals surface area contributed by atoms with Crippen LogP contribution in [0, 0.1) is 0 Å². The Hall–Kier alpha value is -2.34. The maximum atomic E-state index is 13.1. The second kappa shape index (κ2) is 6.88. The normalized spacial score (nSPS) is 20.7. The van der Waals surface area contributed by atoms with Crippen molar-refractivity contribution in [2.45, 2.75) is 24.6 Å². The summed E-state index contributed by atoms with van der Waals surface area (Å²) in [6.45, 7) is 0.783. The Labute approximate surface area is 144 Å². The molecule has 0 saturated carbocycles. The van der Waals surface area contributed by atoms with E-state index in [9.17, 15) is 18.0 Å². The fraction of sp³-hybridized carbons (Fsp3) is 0.316. The van der Waals surface area contributed by atoms with E-state index in [4.69, 9.17) is 5.73 Å². The monoisotopic (exact) mass is 348 g/mol. The highest BCUT2D eigenvalue weighted by Crippen LogP contribution is 2.33. The van der Waals surface area contributed by atoms with Crippen molar-refractivity contribution in [1.29, 1.82) is 0 Å². The second-order valence-corrected chi connectivity index (χ2v) is 6.31. The largest absolute Gasteiger partial charge is 0.416 e. The van der Waals surface area contributed by atoms with Gasteiger partial charge in [0, 0.05) is 25.0 Å². The standard InChI is InChI=1S/C19H19F3N2O/c20-19(21,22)16-9-5-4-8-14(16)10-18(25)24-11-15(17(23)12-24)13-6-2-1-3-7-13/h1-9,15,17H,10-12,23H2/t15-,17+/m0/s1. The number of rotatable bonds is 3. The molecule has 0 aromatic heterocycles. The van der Waals surface area contributed by atoms with Gasteiger partial charge in [-0.25, -0.2) is 0 Å². The van der Waals surface area contributed by atoms with Gasteiger partial charge in [-0.3, -0.25) is 4.79 Å². The van der Waals surface area contributed by atoms with Gasteiger partial charge in [0.25, 0.3) is 0 Å². The lowest BCUT2D eigenvalue weighted by Crippen LogP contribution is -2.33. The van der Waals surface area contributed by atoms with Gasteiger partial charge in [0.1, 0.15) is 0 Å². The highest BCUT2D eigenvalue weighted by molar-refractivity contribution is 5.79. The molecular formula is C19H19F3N2O. The number of nitrogens with two attached hydrogens (primary N) is 1. The summed E-state index contributed by atoms with van der Waals surface area (Å²) in [5.41, 5.74) is 6.44. The van der Waals surface area contributed by atoms with Crippen LogP contribution in [0.5, 0.6) is 0 Å². The molecule has 3 rings (SSSR count). The van der Waals surface area contributed by atoms with Crippen molar-refractivity contribution < 1.29 is 18.0 Å². The van der Waals surface area contributed by atoms with Crippen molar-refractivity contribution >= 4 is 5.91 Å². The number of benzene rings is 2. The first-order valence-corrected chi connectivity index (χ1v) is 8.09. The second-order valence-electron chi connectivity index (χ2n) is 6.31. The van der Waals surface area contributed by atoms with Gasteiger partial charge in [0.15, 0.2) is 0 Å². The topological polar surface area (TPSA) is 46.3 Å². The van der Waals surface area contributed by atoms with E-state index in [0.29, 0.717) is 13.1 Å². The number of carbonyl (C=O) groups excluding carboxylic acids is 1. The van der Waals surface area contributed by atoms with Gasteiger partial charge in [-0.2, -0.15) is 13.2 Å². The third kappa shape index (κ3) is 3.85. The van der Waals surface area contributed by atoms with Crippen LogP contribution in [0.15, 0.2) is 54.6 Å². The van der Waals surface area contributed by atoms with Crippen LogP contribution in [0.4, 0.5) is 13.2 Å². The number of amides is 1. The molecule has 1 amide bonds. The molecular weight excluding hydrogens is 329 g/mol. The van der Waals surface area contributed by atoms with E-state index < -0.39 is 11.7 Å². The Balaban J connectivity index is 1.73. The lowest BCUT2D eigenvalue weighted by Gasteiger charge is -2.18. The summed E-state index contributed by atoms with van der Waals surface area (Å²) in [4.78, 5) is 14.1. The molecule has 2 aromatic carbocycles. The van der Waals surface area contributed by atoms with Crippen molar-refractivity contribution in [3.05, 3.63) is 71.3 Å². The third-order valence-electron chi connectivity index (χ3n) is 4.61. The zero-order valence-electron chi connectivity index (χ0n) is 13.5. The van der Waals surface area contributed by atoms with Crippen molar-refractivity contribution in [1.82, 2.24) is 4.90 Å². The summed E-state index contributed by atoms with van der Waals surface area (Å²) >= 11 is 0. The predicted molar refractivity (Wildman–Crippen MR) is 88.9 cm³/mol. The third-order valence-corrected chi connectivity index (χ3v) is 4.61. The van der Waals surface area contributed by atoms with Crippen LogP contribution in [0.3, 0.4) is 0 Å². The summed E-state index contributed by atoms with van der Waals surface area (Å²) in [7, 11) is 0. The summed E-state index contributed by atoms with van der Waals surface area (Å²) in [5.74, 6) is -0.325. The number of nitrogens with zero attached hydrogens (tertiary/aromatic N) is 1. The van der Waals surface area contributed by atoms with Crippen LogP contribution in [-0.4, -0.2) is 29.9 Å². The van der Waals surface area contributed by atoms with Gasteiger partial charge in [0.05, 0.1) is 12.0 Å². The molecule has 0 radical (unpaired) electrons. The maximum absolute atomic E-state index is 13.1. The Morgan fingerprint density at radius 3 is 2.36 bits per heavy atom. The fourth-order valence-corrected chi connectivity index (χ4v) is 3.31. The first kappa shape index (κ1) is 17.5. The zero-order valence-corrected chi connectivity index (χ0v) is 13.5. The van der Waals surface area contributed by atoms with Gasteiger partial charge >= 0.3 is 6.18 Å². The molecule has 6 heteroatoms. The predicted octanol–water partition coefficient (Wildman–Crippen LogP) is 3.20. The van der Waals surface area contributed by atoms with E-state index in [-0.39, 0.29) is 29.9 Å². The smallest absolute Gasteiger partial charge is 0.340 e. The molecule has 1 saturated heterocycles. The van der Waals surface area contributed by atoms with Crippen LogP contribution in [0.2, 0.25) is 0 Å². The number of likely N-dealkylation sites (tertiary alicyclic amines) is 1. The quantitative estimate of drug-likeness (QED) is 0.926. The summed E-state index contributed by atoms with van der Waals surface area (Å²) in [6, 6.07) is 14.6. The van der Waals surface area contributed by atoms with E-state index in [2.05, 4.69) is 0 Å². The van der Waals surface area contributed by atoms with Crippen molar-refractivity contribution in [3.8, 4) is 0 Å². The van der Waals surface area contributed by atoms with Gasteiger partial charge in [-0.15, -0.1) is 0 Å². The molecule has 0 aliphatic carbocycles. The minimum Gasteiger partial charge on any atom is -0.340 e. The van der Waals surface area contributed by atoms with Crippen LogP contribution in [-0.2, 0) is 17.4 Å². The molecule has 1 aliphatic heterocycles. The number of hydrogen-bond donors (Lipinski definition) is 1. The lowest BCUT2D eigenvalue weighted by atomic mass is 9.95. The van der Waals surface area contributed by atoms with E-state index in [1.807, 2.05) is 30.3 Å². The van der Waals surface area contributed by atoms with Crippen LogP contribution >= 0.6 is 0 Å². The summed E-state index contributed by atoms with van der Waals surface area (Å²) < 4.78 is 39.2. The lowest BCUT2D eigenvalue weighted by molar-refractivity contribution is -0.138. The molecule has 2 atom stereocenters. The Morgan fingerprint density at radius 2 is 1.68 bits per heavy atom. The molecule has 2 N–H and O–H groups in total. The minimum absolute atomic E-state index is 0.00279. The molecule has 25 heavy (non-hydrogen) atoms. The summed E-state index contributed by atoms with van der Waals surface area (Å²) in [5, 5.41) is 0. The van der Waals surface area contributed by atoms with Gasteiger partial charge in [-0.05, 0) is 17.2 Å². The molecule has 0 bridgehead atoms. The maximum Gasteiger partial charge on any atom is 0.416 e. The molecule has 3 nitrogen and oxygen atoms in total. The Morgan fingerprint density at radius 1 is 1.04 bits per heavy atom. The molecule has 0 unspecified atom stereocenters. The number of carbonyl (C=O) groups is 1. The first-order valence-electron chi connectivity index (χ1n) is 8.09. The van der Waals surface area contributed by atoms with E-state index in [1.165, 1.54) is 18.2 Å². The van der Waals surface area contributed by atoms with Gasteiger partial charge < -0.3 is 10.6 Å². The Kier molecular flexibility index (Phi) is 4.81. The van der Waals surface area contributed by atoms with E-state index >= 15 is 0 Å². The summed E-state index contributed by atoms with van der Waals surface area (Å²) in [6.07, 6.45) is -4.74. The molecule has 2 aromatic rings. The Bertz CT molecular complexity index is 746. The highest BCUT2D eigenvalue weighted by Gasteiger charge is 2.36. The minimum atomic E-state index is -4.47. The molecule has 1 aliphatic rings. The molecule has 132 valence electrons. The average molecular weight is 348 g/mol. The van der Waals surface area contributed by atoms with Crippen LogP contribution in [0.1, 0.15) is 22.6 Å². The van der Waals surface area contributed by atoms with Gasteiger partial charge in [-0.1, -0.05) is 48.5 Å². The number of hydrogen-bond acceptors (Lipinski definition) is 2. The van der Waals surface area contributed by atoms with Crippen molar-refractivity contribution in [2.24, 2.45) is 5.73 Å². The average Bonchev–Trinajstić information content (AvgIpc) is 2.97. The first-order chi connectivity index (χ1) is 11.9. The SMILES string of the molecule is N[C@@H]1CN(C(=O)Cc2ccccc2C(F)(F)F)C[C@H]1c1ccccc1.